The van der Waals surface area contributed by atoms with Gasteiger partial charge in [-0.25, -0.2) is 9.37 Å². The zero-order valence-electron chi connectivity index (χ0n) is 24.6. The standard InChI is InChI=1S/C32H32F2N8/c1-32(2,3)18-38-29-21(14-35)16-37-31-25(20-6-11-28(34)36-15-20)12-23(13-26(29)31)39-30(19-4-7-22(33)8-5-19)27-17-42(41-40-27)24-9-10-24/h4-8,11-13,15-17,24,30,39-41H,9-10,18H2,1-3H3,(H,37,38)/i30D. The smallest absolute Gasteiger partial charge is 0.212 e. The number of nitriles is 1. The monoisotopic (exact) mass is 567 g/mol. The third-order valence-corrected chi connectivity index (χ3v) is 7.13. The van der Waals surface area contributed by atoms with Gasteiger partial charge in [0, 0.05) is 53.4 Å². The summed E-state index contributed by atoms with van der Waals surface area (Å²) in [5, 5.41) is 19.4. The molecule has 1 aliphatic heterocycles. The number of hydrogen-bond donors (Lipinski definition) is 4. The lowest BCUT2D eigenvalue weighted by Gasteiger charge is -2.24. The number of hydrazine groups is 2. The maximum atomic E-state index is 14.0. The minimum atomic E-state index is -1.57. The van der Waals surface area contributed by atoms with E-state index in [2.05, 4.69) is 58.4 Å². The second-order valence-corrected chi connectivity index (χ2v) is 11.8. The number of halogens is 2. The molecule has 0 amide bonds. The molecule has 2 aliphatic rings. The molecule has 0 saturated heterocycles. The SMILES string of the molecule is [2H]C(Nc1cc(-c2ccc(F)nc2)c2ncc(C#N)c(NCC(C)(C)C)c2c1)(C1=CN(C2CC2)NN1)c1ccc(F)cc1. The second kappa shape index (κ2) is 10.9. The van der Waals surface area contributed by atoms with Gasteiger partial charge in [0.25, 0.3) is 0 Å². The van der Waals surface area contributed by atoms with Crippen LogP contribution in [0.4, 0.5) is 20.2 Å². The second-order valence-electron chi connectivity index (χ2n) is 11.8. The van der Waals surface area contributed by atoms with Crippen LogP contribution in [-0.4, -0.2) is 27.6 Å². The predicted octanol–water partition coefficient (Wildman–Crippen LogP) is 6.39. The molecule has 2 aromatic heterocycles. The fraction of sp³-hybridized carbons (Fsp3) is 0.281. The highest BCUT2D eigenvalue weighted by molar-refractivity contribution is 6.04. The predicted molar refractivity (Wildman–Crippen MR) is 160 cm³/mol. The fourth-order valence-electron chi connectivity index (χ4n) is 4.82. The Morgan fingerprint density at radius 3 is 2.57 bits per heavy atom. The number of nitrogens with one attached hydrogen (secondary N) is 4. The van der Waals surface area contributed by atoms with Crippen LogP contribution in [0.15, 0.2) is 72.8 Å². The Balaban J connectivity index is 1.54. The highest BCUT2D eigenvalue weighted by Crippen LogP contribution is 2.38. The van der Waals surface area contributed by atoms with Gasteiger partial charge in [0.15, 0.2) is 0 Å². The van der Waals surface area contributed by atoms with Crippen molar-refractivity contribution in [2.75, 3.05) is 17.2 Å². The van der Waals surface area contributed by atoms with Crippen molar-refractivity contribution < 1.29 is 10.2 Å². The molecule has 42 heavy (non-hydrogen) atoms. The number of aromatic nitrogens is 2. The summed E-state index contributed by atoms with van der Waals surface area (Å²) in [4.78, 5) is 8.49. The average molecular weight is 568 g/mol. The summed E-state index contributed by atoms with van der Waals surface area (Å²) in [5.41, 5.74) is 10.6. The highest BCUT2D eigenvalue weighted by Gasteiger charge is 2.32. The van der Waals surface area contributed by atoms with Crippen LogP contribution in [0.1, 0.15) is 52.1 Å². The van der Waals surface area contributed by atoms with Crippen molar-refractivity contribution in [3.8, 4) is 17.2 Å². The van der Waals surface area contributed by atoms with Crippen molar-refractivity contribution in [2.45, 2.75) is 45.7 Å². The molecule has 2 aromatic carbocycles. The number of nitrogens with zero attached hydrogens (tertiary/aromatic N) is 4. The average Bonchev–Trinajstić information content (AvgIpc) is 3.71. The summed E-state index contributed by atoms with van der Waals surface area (Å²) in [7, 11) is 0. The highest BCUT2D eigenvalue weighted by atomic mass is 19.1. The molecule has 10 heteroatoms. The molecule has 0 spiro atoms. The maximum Gasteiger partial charge on any atom is 0.212 e. The van der Waals surface area contributed by atoms with Crippen molar-refractivity contribution >= 4 is 22.3 Å². The first-order valence-corrected chi connectivity index (χ1v) is 13.8. The van der Waals surface area contributed by atoms with E-state index < -0.39 is 17.8 Å². The lowest BCUT2D eigenvalue weighted by molar-refractivity contribution is 0.260. The number of anilines is 2. The Kier molecular flexibility index (Phi) is 6.80. The van der Waals surface area contributed by atoms with E-state index in [0.29, 0.717) is 62.8 Å². The topological polar surface area (TPSA) is 101 Å². The van der Waals surface area contributed by atoms with Crippen LogP contribution in [0, 0.1) is 28.5 Å². The van der Waals surface area contributed by atoms with Gasteiger partial charge in [-0.15, -0.1) is 5.53 Å². The molecule has 1 saturated carbocycles. The summed E-state index contributed by atoms with van der Waals surface area (Å²) in [6, 6.07) is 13.4. The molecule has 4 aromatic rings. The van der Waals surface area contributed by atoms with Gasteiger partial charge in [0.05, 0.1) is 29.9 Å². The Bertz CT molecular complexity index is 1740. The molecule has 8 nitrogen and oxygen atoms in total. The van der Waals surface area contributed by atoms with E-state index in [1.54, 1.807) is 18.2 Å². The Morgan fingerprint density at radius 2 is 1.90 bits per heavy atom. The number of benzene rings is 2. The molecule has 0 radical (unpaired) electrons. The van der Waals surface area contributed by atoms with Crippen LogP contribution in [0.5, 0.6) is 0 Å². The zero-order chi connectivity index (χ0) is 30.4. The summed E-state index contributed by atoms with van der Waals surface area (Å²) >= 11 is 0. The van der Waals surface area contributed by atoms with E-state index in [0.717, 1.165) is 12.8 Å². The lowest BCUT2D eigenvalue weighted by atomic mass is 9.95. The third-order valence-electron chi connectivity index (χ3n) is 7.13. The van der Waals surface area contributed by atoms with E-state index >= 15 is 0 Å². The van der Waals surface area contributed by atoms with Crippen molar-refractivity contribution in [3.63, 3.8) is 0 Å². The van der Waals surface area contributed by atoms with E-state index in [1.807, 2.05) is 23.3 Å². The zero-order valence-corrected chi connectivity index (χ0v) is 23.6. The molecular formula is C32H32F2N8. The van der Waals surface area contributed by atoms with Gasteiger partial charge in [0.1, 0.15) is 11.9 Å². The number of pyridine rings is 2. The summed E-state index contributed by atoms with van der Waals surface area (Å²) < 4.78 is 37.5. The van der Waals surface area contributed by atoms with E-state index in [1.165, 1.54) is 30.6 Å². The summed E-state index contributed by atoms with van der Waals surface area (Å²) in [6.45, 7) is 6.87. The van der Waals surface area contributed by atoms with E-state index in [9.17, 15) is 15.4 Å². The Hall–Kier alpha value is -4.75. The molecule has 1 aliphatic carbocycles. The molecule has 6 rings (SSSR count). The van der Waals surface area contributed by atoms with Gasteiger partial charge in [0.2, 0.25) is 5.95 Å². The van der Waals surface area contributed by atoms with Crippen LogP contribution in [0.25, 0.3) is 22.0 Å². The first-order valence-electron chi connectivity index (χ1n) is 14.3. The van der Waals surface area contributed by atoms with Gasteiger partial charge >= 0.3 is 0 Å². The molecule has 1 atom stereocenters. The molecule has 1 fully saturated rings. The lowest BCUT2D eigenvalue weighted by Crippen LogP contribution is -2.38. The molecule has 0 bridgehead atoms. The quantitative estimate of drug-likeness (QED) is 0.182. The van der Waals surface area contributed by atoms with Crippen molar-refractivity contribution in [1.82, 2.24) is 25.9 Å². The fourth-order valence-corrected chi connectivity index (χ4v) is 4.82. The molecular weight excluding hydrogens is 534 g/mol. The number of hydrogen-bond acceptors (Lipinski definition) is 8. The molecule has 3 heterocycles. The van der Waals surface area contributed by atoms with Gasteiger partial charge in [-0.2, -0.15) is 9.65 Å². The summed E-state index contributed by atoms with van der Waals surface area (Å²) in [5.74, 6) is -1.01. The van der Waals surface area contributed by atoms with Gasteiger partial charge < -0.3 is 16.1 Å². The first-order chi connectivity index (χ1) is 20.5. The minimum Gasteiger partial charge on any atom is -0.383 e. The first kappa shape index (κ1) is 26.2. The Labute approximate surface area is 244 Å². The third kappa shape index (κ3) is 5.83. The van der Waals surface area contributed by atoms with E-state index in [4.69, 9.17) is 0 Å². The van der Waals surface area contributed by atoms with Gasteiger partial charge in [-0.1, -0.05) is 32.9 Å². The Morgan fingerprint density at radius 1 is 1.12 bits per heavy atom. The van der Waals surface area contributed by atoms with Crippen LogP contribution in [-0.2, 0) is 0 Å². The molecule has 1 unspecified atom stereocenters. The van der Waals surface area contributed by atoms with Gasteiger partial charge in [-0.05, 0) is 60.2 Å². The maximum absolute atomic E-state index is 14.0. The molecule has 214 valence electrons. The number of fused-ring (bicyclic) bond motifs is 1. The van der Waals surface area contributed by atoms with Crippen LogP contribution >= 0.6 is 0 Å². The summed E-state index contributed by atoms with van der Waals surface area (Å²) in [6.07, 6.45) is 6.91. The van der Waals surface area contributed by atoms with Crippen molar-refractivity contribution in [2.24, 2.45) is 5.41 Å². The normalized spacial score (nSPS) is 16.7. The molecule has 4 N–H and O–H groups in total. The van der Waals surface area contributed by atoms with Crippen molar-refractivity contribution in [3.05, 3.63) is 95.7 Å². The number of rotatable bonds is 8. The van der Waals surface area contributed by atoms with Crippen molar-refractivity contribution in [1.29, 1.82) is 5.26 Å². The van der Waals surface area contributed by atoms with Crippen LogP contribution in [0.3, 0.4) is 0 Å². The van der Waals surface area contributed by atoms with Gasteiger partial charge in [-0.3, -0.25) is 9.99 Å². The van der Waals surface area contributed by atoms with E-state index in [-0.39, 0.29) is 5.41 Å². The minimum absolute atomic E-state index is 0.0815. The largest absolute Gasteiger partial charge is 0.383 e. The van der Waals surface area contributed by atoms with Crippen LogP contribution < -0.4 is 21.6 Å². The van der Waals surface area contributed by atoms with Crippen LogP contribution in [0.2, 0.25) is 0 Å².